The van der Waals surface area contributed by atoms with Crippen molar-refractivity contribution in [2.75, 3.05) is 24.3 Å². The molecule has 0 fully saturated rings. The molecular formula is C18H15Cl2N7. The number of hydrogen-bond donors (Lipinski definition) is 1. The van der Waals surface area contributed by atoms with Crippen LogP contribution in [0.15, 0.2) is 30.3 Å². The zero-order valence-corrected chi connectivity index (χ0v) is 16.3. The van der Waals surface area contributed by atoms with Gasteiger partial charge in [-0.15, -0.1) is 0 Å². The van der Waals surface area contributed by atoms with Crippen molar-refractivity contribution in [2.24, 2.45) is 0 Å². The Bertz CT molecular complexity index is 1160. The van der Waals surface area contributed by atoms with Crippen molar-refractivity contribution >= 4 is 62.6 Å². The Morgan fingerprint density at radius 2 is 1.41 bits per heavy atom. The average Bonchev–Trinajstić information content (AvgIpc) is 2.59. The number of halogens is 2. The van der Waals surface area contributed by atoms with Gasteiger partial charge in [0.2, 0.25) is 16.5 Å². The molecule has 136 valence electrons. The van der Waals surface area contributed by atoms with Crippen LogP contribution in [0.1, 0.15) is 5.56 Å². The fraction of sp³-hybridized carbons (Fsp3) is 0.167. The van der Waals surface area contributed by atoms with E-state index in [-0.39, 0.29) is 16.5 Å². The maximum absolute atomic E-state index is 5.84. The van der Waals surface area contributed by atoms with Gasteiger partial charge in [-0.3, -0.25) is 0 Å². The molecule has 1 N–H and O–H groups in total. The third-order valence-electron chi connectivity index (χ3n) is 4.11. The van der Waals surface area contributed by atoms with Crippen LogP contribution in [-0.2, 0) is 0 Å². The van der Waals surface area contributed by atoms with Crippen LogP contribution in [0.25, 0.3) is 22.1 Å². The van der Waals surface area contributed by atoms with Gasteiger partial charge in [0.15, 0.2) is 0 Å². The lowest BCUT2D eigenvalue weighted by atomic mass is 10.1. The van der Waals surface area contributed by atoms with Gasteiger partial charge in [-0.2, -0.15) is 15.0 Å². The fourth-order valence-corrected chi connectivity index (χ4v) is 3.09. The molecule has 7 nitrogen and oxygen atoms in total. The normalized spacial score (nSPS) is 11.1. The van der Waals surface area contributed by atoms with Crippen molar-refractivity contribution in [3.63, 3.8) is 0 Å². The Kier molecular flexibility index (Phi) is 4.41. The number of rotatable bonds is 3. The third kappa shape index (κ3) is 3.56. The first-order valence-corrected chi connectivity index (χ1v) is 8.88. The Morgan fingerprint density at radius 1 is 0.778 bits per heavy atom. The molecule has 4 aromatic rings. The molecule has 27 heavy (non-hydrogen) atoms. The summed E-state index contributed by atoms with van der Waals surface area (Å²) in [4.78, 5) is 23.3. The molecule has 0 atom stereocenters. The van der Waals surface area contributed by atoms with Gasteiger partial charge in [0, 0.05) is 25.5 Å². The number of fused-ring (bicyclic) bond motifs is 2. The highest BCUT2D eigenvalue weighted by Crippen LogP contribution is 2.27. The lowest BCUT2D eigenvalue weighted by molar-refractivity contribution is 1.05. The van der Waals surface area contributed by atoms with Gasteiger partial charge in [-0.1, -0.05) is 0 Å². The van der Waals surface area contributed by atoms with E-state index in [9.17, 15) is 0 Å². The van der Waals surface area contributed by atoms with Crippen LogP contribution in [0.3, 0.4) is 0 Å². The quantitative estimate of drug-likeness (QED) is 0.511. The van der Waals surface area contributed by atoms with Crippen molar-refractivity contribution in [3.05, 3.63) is 46.5 Å². The summed E-state index contributed by atoms with van der Waals surface area (Å²) in [5.41, 5.74) is 6.08. The molecule has 0 saturated carbocycles. The highest BCUT2D eigenvalue weighted by molar-refractivity contribution is 6.31. The standard InChI is InChI=1S/C18H15Cl2N7/c1-9-6-13-15(8-12(9)23-18-25-16(19)24-17(20)26-18)22-14-7-10(27(2)3)4-5-11(14)21-13/h4-8H,1-3H3,(H,23,24,25,26). The van der Waals surface area contributed by atoms with Crippen molar-refractivity contribution < 1.29 is 0 Å². The molecule has 2 heterocycles. The van der Waals surface area contributed by atoms with Crippen LogP contribution in [0, 0.1) is 6.92 Å². The first-order chi connectivity index (χ1) is 12.9. The first kappa shape index (κ1) is 17.6. The topological polar surface area (TPSA) is 79.7 Å². The molecule has 0 spiro atoms. The summed E-state index contributed by atoms with van der Waals surface area (Å²) in [6, 6.07) is 9.90. The van der Waals surface area contributed by atoms with Crippen molar-refractivity contribution in [1.29, 1.82) is 0 Å². The minimum atomic E-state index is 0.0259. The predicted molar refractivity (Wildman–Crippen MR) is 109 cm³/mol. The molecule has 0 aliphatic heterocycles. The van der Waals surface area contributed by atoms with Crippen LogP contribution in [0.5, 0.6) is 0 Å². The summed E-state index contributed by atoms with van der Waals surface area (Å²) in [5.74, 6) is 0.270. The molecular weight excluding hydrogens is 385 g/mol. The molecule has 0 aliphatic rings. The number of nitrogens with zero attached hydrogens (tertiary/aromatic N) is 6. The largest absolute Gasteiger partial charge is 0.378 e. The molecule has 4 rings (SSSR count). The molecule has 0 amide bonds. The predicted octanol–water partition coefficient (Wildman–Crippen LogP) is 4.39. The van der Waals surface area contributed by atoms with Gasteiger partial charge in [-0.05, 0) is 66.0 Å². The van der Waals surface area contributed by atoms with Crippen LogP contribution < -0.4 is 10.2 Å². The van der Waals surface area contributed by atoms with Crippen LogP contribution >= 0.6 is 23.2 Å². The number of anilines is 3. The monoisotopic (exact) mass is 399 g/mol. The second-order valence-corrected chi connectivity index (χ2v) is 6.95. The van der Waals surface area contributed by atoms with Crippen LogP contribution in [0.4, 0.5) is 17.3 Å². The molecule has 2 aromatic carbocycles. The van der Waals surface area contributed by atoms with E-state index < -0.39 is 0 Å². The highest BCUT2D eigenvalue weighted by atomic mass is 35.5. The smallest absolute Gasteiger partial charge is 0.232 e. The fourth-order valence-electron chi connectivity index (χ4n) is 2.73. The van der Waals surface area contributed by atoms with E-state index in [0.717, 1.165) is 39.0 Å². The molecule has 2 aromatic heterocycles. The molecule has 0 aliphatic carbocycles. The zero-order valence-electron chi connectivity index (χ0n) is 14.8. The number of hydrogen-bond acceptors (Lipinski definition) is 7. The molecule has 0 saturated heterocycles. The van der Waals surface area contributed by atoms with Gasteiger partial charge in [0.1, 0.15) is 0 Å². The van der Waals surface area contributed by atoms with Gasteiger partial charge in [0.05, 0.1) is 22.1 Å². The lowest BCUT2D eigenvalue weighted by Gasteiger charge is -2.13. The summed E-state index contributed by atoms with van der Waals surface area (Å²) in [6.45, 7) is 1.97. The van der Waals surface area contributed by atoms with Crippen molar-refractivity contribution in [3.8, 4) is 0 Å². The second kappa shape index (κ2) is 6.75. The molecule has 0 unspecified atom stereocenters. The van der Waals surface area contributed by atoms with E-state index in [1.807, 2.05) is 56.3 Å². The van der Waals surface area contributed by atoms with Gasteiger partial charge in [-0.25, -0.2) is 9.97 Å². The van der Waals surface area contributed by atoms with E-state index >= 15 is 0 Å². The second-order valence-electron chi connectivity index (χ2n) is 6.27. The number of nitrogens with one attached hydrogen (secondary N) is 1. The molecule has 9 heteroatoms. The Balaban J connectivity index is 1.81. The van der Waals surface area contributed by atoms with Gasteiger partial charge < -0.3 is 10.2 Å². The Morgan fingerprint density at radius 3 is 2.11 bits per heavy atom. The highest BCUT2D eigenvalue weighted by Gasteiger charge is 2.10. The zero-order chi connectivity index (χ0) is 19.1. The Labute approximate surface area is 165 Å². The van der Waals surface area contributed by atoms with Gasteiger partial charge >= 0.3 is 0 Å². The summed E-state index contributed by atoms with van der Waals surface area (Å²) >= 11 is 11.7. The van der Waals surface area contributed by atoms with E-state index in [0.29, 0.717) is 0 Å². The van der Waals surface area contributed by atoms with E-state index in [4.69, 9.17) is 33.2 Å². The van der Waals surface area contributed by atoms with E-state index in [1.54, 1.807) is 0 Å². The van der Waals surface area contributed by atoms with E-state index in [2.05, 4.69) is 20.3 Å². The van der Waals surface area contributed by atoms with Gasteiger partial charge in [0.25, 0.3) is 0 Å². The average molecular weight is 400 g/mol. The number of aryl methyl sites for hydroxylation is 1. The molecule has 0 bridgehead atoms. The summed E-state index contributed by atoms with van der Waals surface area (Å²) in [6.07, 6.45) is 0. The number of benzene rings is 2. The van der Waals surface area contributed by atoms with E-state index in [1.165, 1.54) is 0 Å². The minimum absolute atomic E-state index is 0.0259. The maximum atomic E-state index is 5.84. The summed E-state index contributed by atoms with van der Waals surface area (Å²) in [5, 5.41) is 3.17. The minimum Gasteiger partial charge on any atom is -0.378 e. The summed E-state index contributed by atoms with van der Waals surface area (Å²) in [7, 11) is 3.98. The summed E-state index contributed by atoms with van der Waals surface area (Å²) < 4.78 is 0. The first-order valence-electron chi connectivity index (χ1n) is 8.12. The number of aromatic nitrogens is 5. The van der Waals surface area contributed by atoms with Crippen molar-refractivity contribution in [2.45, 2.75) is 6.92 Å². The maximum Gasteiger partial charge on any atom is 0.232 e. The molecule has 0 radical (unpaired) electrons. The lowest BCUT2D eigenvalue weighted by Crippen LogP contribution is -2.08. The Hall–Kier alpha value is -2.77. The van der Waals surface area contributed by atoms with Crippen LogP contribution in [-0.4, -0.2) is 39.0 Å². The van der Waals surface area contributed by atoms with Crippen LogP contribution in [0.2, 0.25) is 10.6 Å². The SMILES string of the molecule is Cc1cc2nc3ccc(N(C)C)cc3nc2cc1Nc1nc(Cl)nc(Cl)n1. The third-order valence-corrected chi connectivity index (χ3v) is 4.44. The van der Waals surface area contributed by atoms with Crippen molar-refractivity contribution in [1.82, 2.24) is 24.9 Å².